The van der Waals surface area contributed by atoms with Crippen molar-refractivity contribution < 1.29 is 14.6 Å². The molecule has 19 heavy (non-hydrogen) atoms. The molecule has 2 rings (SSSR count). The number of hydrogen-bond donors (Lipinski definition) is 2. The number of methoxy groups -OCH3 is 1. The number of aliphatic carboxylic acids is 1. The summed E-state index contributed by atoms with van der Waals surface area (Å²) in [6, 6.07) is 5.55. The van der Waals surface area contributed by atoms with Crippen LogP contribution in [-0.4, -0.2) is 34.7 Å². The molecule has 1 heterocycles. The van der Waals surface area contributed by atoms with Crippen LogP contribution in [-0.2, 0) is 4.79 Å². The molecule has 0 amide bonds. The molecule has 2 N–H and O–H groups in total. The highest BCUT2D eigenvalue weighted by Crippen LogP contribution is 2.24. The van der Waals surface area contributed by atoms with E-state index in [4.69, 9.17) is 9.84 Å². The van der Waals surface area contributed by atoms with Crippen LogP contribution in [0.5, 0.6) is 5.75 Å². The lowest BCUT2D eigenvalue weighted by atomic mass is 10.2. The number of nitrogens with one attached hydrogen (secondary N) is 1. The highest BCUT2D eigenvalue weighted by Gasteiger charge is 2.05. The van der Waals surface area contributed by atoms with Crippen molar-refractivity contribution in [3.8, 4) is 5.75 Å². The van der Waals surface area contributed by atoms with Gasteiger partial charge in [0.05, 0.1) is 12.6 Å². The third-order valence-electron chi connectivity index (χ3n) is 2.70. The maximum atomic E-state index is 10.4. The zero-order valence-electron chi connectivity index (χ0n) is 10.6. The third-order valence-corrected chi connectivity index (χ3v) is 2.70. The Morgan fingerprint density at radius 3 is 3.00 bits per heavy atom. The first-order valence-corrected chi connectivity index (χ1v) is 5.95. The van der Waals surface area contributed by atoms with Crippen LogP contribution in [0.1, 0.15) is 12.8 Å². The second-order valence-electron chi connectivity index (χ2n) is 4.03. The van der Waals surface area contributed by atoms with Gasteiger partial charge in [-0.3, -0.25) is 4.79 Å². The zero-order valence-corrected chi connectivity index (χ0v) is 10.6. The van der Waals surface area contributed by atoms with Gasteiger partial charge in [0, 0.05) is 18.4 Å². The zero-order chi connectivity index (χ0) is 13.7. The van der Waals surface area contributed by atoms with Crippen LogP contribution in [0.3, 0.4) is 0 Å². The molecule has 2 aromatic rings. The van der Waals surface area contributed by atoms with Crippen molar-refractivity contribution in [2.24, 2.45) is 0 Å². The van der Waals surface area contributed by atoms with Crippen molar-refractivity contribution in [3.63, 3.8) is 0 Å². The molecule has 0 spiro atoms. The fourth-order valence-electron chi connectivity index (χ4n) is 1.75. The summed E-state index contributed by atoms with van der Waals surface area (Å²) in [7, 11) is 1.60. The van der Waals surface area contributed by atoms with E-state index >= 15 is 0 Å². The Hall–Kier alpha value is -2.37. The van der Waals surface area contributed by atoms with E-state index in [9.17, 15) is 4.79 Å². The molecule has 0 bridgehead atoms. The average molecular weight is 261 g/mol. The molecule has 0 aliphatic heterocycles. The molecule has 0 unspecified atom stereocenters. The first kappa shape index (κ1) is 13.1. The summed E-state index contributed by atoms with van der Waals surface area (Å²) in [5.41, 5.74) is 0.816. The van der Waals surface area contributed by atoms with E-state index in [0.717, 1.165) is 16.7 Å². The largest absolute Gasteiger partial charge is 0.497 e. The van der Waals surface area contributed by atoms with Crippen LogP contribution in [0.15, 0.2) is 24.5 Å². The van der Waals surface area contributed by atoms with Crippen molar-refractivity contribution in [2.75, 3.05) is 19.0 Å². The van der Waals surface area contributed by atoms with Gasteiger partial charge < -0.3 is 15.2 Å². The van der Waals surface area contributed by atoms with Gasteiger partial charge in [-0.15, -0.1) is 0 Å². The topological polar surface area (TPSA) is 84.3 Å². The van der Waals surface area contributed by atoms with Crippen LogP contribution in [0.2, 0.25) is 0 Å². The molecule has 0 atom stereocenters. The SMILES string of the molecule is COc1ccc2ncnc(NCCCC(=O)O)c2c1. The lowest BCUT2D eigenvalue weighted by molar-refractivity contribution is -0.137. The minimum atomic E-state index is -0.795. The Morgan fingerprint density at radius 1 is 1.42 bits per heavy atom. The van der Waals surface area contributed by atoms with Gasteiger partial charge in [-0.05, 0) is 24.6 Å². The number of aromatic nitrogens is 2. The van der Waals surface area contributed by atoms with E-state index < -0.39 is 5.97 Å². The van der Waals surface area contributed by atoms with Crippen molar-refractivity contribution in [3.05, 3.63) is 24.5 Å². The number of rotatable bonds is 6. The van der Waals surface area contributed by atoms with Crippen molar-refractivity contribution in [1.82, 2.24) is 9.97 Å². The molecule has 0 radical (unpaired) electrons. The van der Waals surface area contributed by atoms with E-state index in [1.165, 1.54) is 6.33 Å². The van der Waals surface area contributed by atoms with Crippen LogP contribution < -0.4 is 10.1 Å². The van der Waals surface area contributed by atoms with Crippen molar-refractivity contribution >= 4 is 22.7 Å². The molecular weight excluding hydrogens is 246 g/mol. The predicted octanol–water partition coefficient (Wildman–Crippen LogP) is 1.92. The Bertz CT molecular complexity index is 586. The van der Waals surface area contributed by atoms with Gasteiger partial charge in [0.2, 0.25) is 0 Å². The average Bonchev–Trinajstić information content (AvgIpc) is 2.43. The fraction of sp³-hybridized carbons (Fsp3) is 0.308. The molecule has 1 aromatic heterocycles. The summed E-state index contributed by atoms with van der Waals surface area (Å²) in [6.07, 6.45) is 2.17. The van der Waals surface area contributed by atoms with Crippen molar-refractivity contribution in [1.29, 1.82) is 0 Å². The highest BCUT2D eigenvalue weighted by molar-refractivity contribution is 5.89. The minimum Gasteiger partial charge on any atom is -0.497 e. The van der Waals surface area contributed by atoms with Crippen LogP contribution in [0.4, 0.5) is 5.82 Å². The normalized spacial score (nSPS) is 10.4. The predicted molar refractivity (Wildman–Crippen MR) is 71.4 cm³/mol. The second kappa shape index (κ2) is 5.99. The highest BCUT2D eigenvalue weighted by atomic mass is 16.5. The molecule has 0 saturated carbocycles. The number of nitrogens with zero attached hydrogens (tertiary/aromatic N) is 2. The molecule has 0 fully saturated rings. The number of benzene rings is 1. The van der Waals surface area contributed by atoms with Gasteiger partial charge in [0.15, 0.2) is 0 Å². The number of hydrogen-bond acceptors (Lipinski definition) is 5. The summed E-state index contributed by atoms with van der Waals surface area (Å²) in [4.78, 5) is 18.8. The molecule has 100 valence electrons. The molecular formula is C13H15N3O3. The molecule has 0 aliphatic carbocycles. The van der Waals surface area contributed by atoms with E-state index in [2.05, 4.69) is 15.3 Å². The molecule has 6 nitrogen and oxygen atoms in total. The maximum Gasteiger partial charge on any atom is 0.303 e. The number of carboxylic acid groups (broad SMARTS) is 1. The summed E-state index contributed by atoms with van der Waals surface area (Å²) < 4.78 is 5.17. The lowest BCUT2D eigenvalue weighted by Gasteiger charge is -2.08. The second-order valence-corrected chi connectivity index (χ2v) is 4.03. The van der Waals surface area contributed by atoms with E-state index in [1.54, 1.807) is 7.11 Å². The smallest absolute Gasteiger partial charge is 0.303 e. The number of fused-ring (bicyclic) bond motifs is 1. The number of anilines is 1. The molecule has 0 aliphatic rings. The Morgan fingerprint density at radius 2 is 2.26 bits per heavy atom. The fourth-order valence-corrected chi connectivity index (χ4v) is 1.75. The Balaban J connectivity index is 2.15. The van der Waals surface area contributed by atoms with Gasteiger partial charge in [-0.25, -0.2) is 9.97 Å². The standard InChI is InChI=1S/C13H15N3O3/c1-19-9-4-5-11-10(7-9)13(16-8-15-11)14-6-2-3-12(17)18/h4-5,7-8H,2-3,6H2,1H3,(H,17,18)(H,14,15,16). The Kier molecular flexibility index (Phi) is 4.12. The van der Waals surface area contributed by atoms with Gasteiger partial charge in [0.25, 0.3) is 0 Å². The minimum absolute atomic E-state index is 0.138. The maximum absolute atomic E-state index is 10.4. The first-order chi connectivity index (χ1) is 9.20. The summed E-state index contributed by atoms with van der Waals surface area (Å²) in [6.45, 7) is 0.551. The van der Waals surface area contributed by atoms with Gasteiger partial charge >= 0.3 is 5.97 Å². The van der Waals surface area contributed by atoms with E-state index in [1.807, 2.05) is 18.2 Å². The Labute approximate surface area is 110 Å². The number of carbonyl (C=O) groups is 1. The van der Waals surface area contributed by atoms with E-state index in [-0.39, 0.29) is 6.42 Å². The third kappa shape index (κ3) is 3.31. The van der Waals surface area contributed by atoms with E-state index in [0.29, 0.717) is 18.8 Å². The van der Waals surface area contributed by atoms with Crippen LogP contribution >= 0.6 is 0 Å². The number of ether oxygens (including phenoxy) is 1. The summed E-state index contributed by atoms with van der Waals surface area (Å²) >= 11 is 0. The lowest BCUT2D eigenvalue weighted by Crippen LogP contribution is -2.06. The molecule has 1 aromatic carbocycles. The molecule has 0 saturated heterocycles. The summed E-state index contributed by atoms with van der Waals surface area (Å²) in [5.74, 6) is 0.626. The van der Waals surface area contributed by atoms with Crippen molar-refractivity contribution in [2.45, 2.75) is 12.8 Å². The van der Waals surface area contributed by atoms with Gasteiger partial charge in [-0.1, -0.05) is 0 Å². The van der Waals surface area contributed by atoms with Gasteiger partial charge in [-0.2, -0.15) is 0 Å². The number of carboxylic acids is 1. The summed E-state index contributed by atoms with van der Waals surface area (Å²) in [5, 5.41) is 12.6. The first-order valence-electron chi connectivity index (χ1n) is 5.95. The van der Waals surface area contributed by atoms with Gasteiger partial charge in [0.1, 0.15) is 17.9 Å². The molecule has 6 heteroatoms. The van der Waals surface area contributed by atoms with Crippen LogP contribution in [0, 0.1) is 0 Å². The quantitative estimate of drug-likeness (QED) is 0.773. The monoisotopic (exact) mass is 261 g/mol. The van der Waals surface area contributed by atoms with Crippen LogP contribution in [0.25, 0.3) is 10.9 Å².